The summed E-state index contributed by atoms with van der Waals surface area (Å²) in [5, 5.41) is 12.3. The minimum Gasteiger partial charge on any atom is -0.272 e. The number of carbonyl (C=O) groups is 1. The summed E-state index contributed by atoms with van der Waals surface area (Å²) in [7, 11) is 0. The molecule has 0 saturated heterocycles. The smallest absolute Gasteiger partial charge is 0.250 e. The second kappa shape index (κ2) is 10.6. The van der Waals surface area contributed by atoms with Crippen LogP contribution in [0.3, 0.4) is 0 Å². The number of benzene rings is 2. The largest absolute Gasteiger partial charge is 0.272 e. The van der Waals surface area contributed by atoms with Gasteiger partial charge >= 0.3 is 0 Å². The van der Waals surface area contributed by atoms with Gasteiger partial charge in [-0.25, -0.2) is 5.43 Å². The summed E-state index contributed by atoms with van der Waals surface area (Å²) in [5.74, 6) is 0.915. The lowest BCUT2D eigenvalue weighted by Crippen LogP contribution is -2.19. The summed E-state index contributed by atoms with van der Waals surface area (Å²) in [6.07, 6.45) is 1.61. The molecule has 1 amide bonds. The molecule has 3 aromatic rings. The van der Waals surface area contributed by atoms with Crippen LogP contribution in [0, 0.1) is 0 Å². The fourth-order valence-electron chi connectivity index (χ4n) is 1.96. The molecule has 0 radical (unpaired) electrons. The van der Waals surface area contributed by atoms with Crippen molar-refractivity contribution in [1.29, 1.82) is 0 Å². The van der Waals surface area contributed by atoms with Crippen molar-refractivity contribution in [1.82, 2.24) is 15.6 Å². The number of hydrogen-bond acceptors (Lipinski definition) is 7. The second-order valence-corrected chi connectivity index (χ2v) is 9.58. The number of halogens is 1. The quantitative estimate of drug-likeness (QED) is 0.285. The van der Waals surface area contributed by atoms with Crippen LogP contribution in [0.5, 0.6) is 0 Å². The number of hydrazone groups is 1. The average Bonchev–Trinajstić information content (AvgIpc) is 3.14. The van der Waals surface area contributed by atoms with E-state index in [1.54, 1.807) is 18.0 Å². The number of nitrogens with zero attached hydrogens (tertiary/aromatic N) is 3. The summed E-state index contributed by atoms with van der Waals surface area (Å²) < 4.78 is 2.64. The van der Waals surface area contributed by atoms with E-state index >= 15 is 0 Å². The number of thioether (sulfide) groups is 2. The maximum atomic E-state index is 11.9. The van der Waals surface area contributed by atoms with Crippen LogP contribution in [0.4, 0.5) is 0 Å². The Bertz CT molecular complexity index is 918. The fourth-order valence-corrected chi connectivity index (χ4v) is 5.14. The van der Waals surface area contributed by atoms with Crippen molar-refractivity contribution < 1.29 is 4.79 Å². The van der Waals surface area contributed by atoms with Crippen molar-refractivity contribution >= 4 is 62.9 Å². The van der Waals surface area contributed by atoms with E-state index in [2.05, 4.69) is 48.8 Å². The minimum atomic E-state index is -0.181. The number of rotatable bonds is 8. The number of hydrogen-bond donors (Lipinski definition) is 1. The number of amides is 1. The van der Waals surface area contributed by atoms with Crippen LogP contribution in [-0.4, -0.2) is 28.1 Å². The molecular weight excluding hydrogens is 464 g/mol. The van der Waals surface area contributed by atoms with Gasteiger partial charge in [0.25, 0.3) is 5.91 Å². The highest BCUT2D eigenvalue weighted by atomic mass is 79.9. The van der Waals surface area contributed by atoms with Crippen molar-refractivity contribution in [3.8, 4) is 0 Å². The molecule has 0 atom stereocenters. The van der Waals surface area contributed by atoms with Crippen LogP contribution in [-0.2, 0) is 10.5 Å². The first kappa shape index (κ1) is 20.1. The van der Waals surface area contributed by atoms with Gasteiger partial charge in [0.05, 0.1) is 12.0 Å². The zero-order valence-electron chi connectivity index (χ0n) is 14.0. The third kappa shape index (κ3) is 7.10. The van der Waals surface area contributed by atoms with Gasteiger partial charge in [0.2, 0.25) is 0 Å². The Morgan fingerprint density at radius 1 is 1.11 bits per heavy atom. The van der Waals surface area contributed by atoms with Gasteiger partial charge in [-0.05, 0) is 23.3 Å². The molecule has 0 aliphatic heterocycles. The van der Waals surface area contributed by atoms with E-state index in [4.69, 9.17) is 0 Å². The second-order valence-electron chi connectivity index (χ2n) is 5.25. The van der Waals surface area contributed by atoms with Gasteiger partial charge in [-0.15, -0.1) is 10.2 Å². The Morgan fingerprint density at radius 2 is 1.89 bits per heavy atom. The van der Waals surface area contributed by atoms with Crippen LogP contribution < -0.4 is 5.43 Å². The number of aromatic nitrogens is 2. The summed E-state index contributed by atoms with van der Waals surface area (Å²) in [6.45, 7) is 0. The molecule has 138 valence electrons. The SMILES string of the molecule is O=C(CSc1nnc(SCc2ccccc2)s1)N/N=C/c1cccc(Br)c1. The van der Waals surface area contributed by atoms with Gasteiger partial charge in [-0.3, -0.25) is 4.79 Å². The predicted octanol–water partition coefficient (Wildman–Crippen LogP) is 4.84. The third-order valence-corrected chi connectivity index (χ3v) is 6.93. The standard InChI is InChI=1S/C18H15BrN4OS3/c19-15-8-4-7-14(9-15)10-20-21-16(24)12-26-18-23-22-17(27-18)25-11-13-5-2-1-3-6-13/h1-10H,11-12H2,(H,21,24)/b20-10+. The van der Waals surface area contributed by atoms with Crippen molar-refractivity contribution in [2.24, 2.45) is 5.10 Å². The predicted molar refractivity (Wildman–Crippen MR) is 117 cm³/mol. The average molecular weight is 479 g/mol. The molecule has 2 aromatic carbocycles. The van der Waals surface area contributed by atoms with E-state index in [1.165, 1.54) is 28.7 Å². The molecule has 0 aliphatic rings. The molecule has 0 bridgehead atoms. The molecule has 27 heavy (non-hydrogen) atoms. The van der Waals surface area contributed by atoms with Crippen LogP contribution in [0.15, 0.2) is 72.9 Å². The zero-order chi connectivity index (χ0) is 18.9. The lowest BCUT2D eigenvalue weighted by molar-refractivity contribution is -0.118. The molecule has 0 unspecified atom stereocenters. The molecule has 5 nitrogen and oxygen atoms in total. The van der Waals surface area contributed by atoms with Crippen LogP contribution >= 0.6 is 50.8 Å². The Hall–Kier alpha value is -1.68. The molecule has 1 N–H and O–H groups in total. The van der Waals surface area contributed by atoms with E-state index in [-0.39, 0.29) is 11.7 Å². The van der Waals surface area contributed by atoms with Crippen molar-refractivity contribution in [2.45, 2.75) is 14.4 Å². The lowest BCUT2D eigenvalue weighted by atomic mass is 10.2. The highest BCUT2D eigenvalue weighted by molar-refractivity contribution is 9.10. The van der Waals surface area contributed by atoms with Gasteiger partial charge in [0, 0.05) is 10.2 Å². The maximum absolute atomic E-state index is 11.9. The van der Waals surface area contributed by atoms with Gasteiger partial charge in [-0.2, -0.15) is 5.10 Å². The maximum Gasteiger partial charge on any atom is 0.250 e. The summed E-state index contributed by atoms with van der Waals surface area (Å²) in [5.41, 5.74) is 4.67. The molecule has 0 aliphatic carbocycles. The first-order chi connectivity index (χ1) is 13.2. The summed E-state index contributed by atoms with van der Waals surface area (Å²) in [6, 6.07) is 17.9. The van der Waals surface area contributed by atoms with Crippen LogP contribution in [0.2, 0.25) is 0 Å². The number of carbonyl (C=O) groups excluding carboxylic acids is 1. The number of nitrogens with one attached hydrogen (secondary N) is 1. The molecule has 1 heterocycles. The Morgan fingerprint density at radius 3 is 2.67 bits per heavy atom. The minimum absolute atomic E-state index is 0.181. The van der Waals surface area contributed by atoms with E-state index in [0.717, 1.165) is 24.5 Å². The van der Waals surface area contributed by atoms with E-state index in [1.807, 2.05) is 42.5 Å². The Balaban J connectivity index is 1.40. The fraction of sp³-hybridized carbons (Fsp3) is 0.111. The molecule has 9 heteroatoms. The highest BCUT2D eigenvalue weighted by Crippen LogP contribution is 2.30. The van der Waals surface area contributed by atoms with Crippen molar-refractivity contribution in [2.75, 3.05) is 5.75 Å². The van der Waals surface area contributed by atoms with Gasteiger partial charge in [0.1, 0.15) is 0 Å². The van der Waals surface area contributed by atoms with Crippen LogP contribution in [0.25, 0.3) is 0 Å². The molecule has 1 aromatic heterocycles. The third-order valence-electron chi connectivity index (χ3n) is 3.17. The molecule has 0 saturated carbocycles. The molecule has 0 fully saturated rings. The molecule has 3 rings (SSSR count). The topological polar surface area (TPSA) is 67.2 Å². The van der Waals surface area contributed by atoms with Gasteiger partial charge in [-0.1, -0.05) is 93.3 Å². The summed E-state index contributed by atoms with van der Waals surface area (Å²) >= 11 is 7.89. The molecule has 0 spiro atoms. The Labute approximate surface area is 178 Å². The van der Waals surface area contributed by atoms with Crippen molar-refractivity contribution in [3.05, 3.63) is 70.2 Å². The zero-order valence-corrected chi connectivity index (χ0v) is 18.1. The monoisotopic (exact) mass is 478 g/mol. The molecular formula is C18H15BrN4OS3. The Kier molecular flexibility index (Phi) is 7.88. The van der Waals surface area contributed by atoms with E-state index < -0.39 is 0 Å². The van der Waals surface area contributed by atoms with Crippen LogP contribution in [0.1, 0.15) is 11.1 Å². The van der Waals surface area contributed by atoms with Gasteiger partial charge in [0.15, 0.2) is 8.68 Å². The first-order valence-electron chi connectivity index (χ1n) is 7.89. The van der Waals surface area contributed by atoms with E-state index in [9.17, 15) is 4.79 Å². The van der Waals surface area contributed by atoms with Gasteiger partial charge < -0.3 is 0 Å². The normalized spacial score (nSPS) is 11.0. The highest BCUT2D eigenvalue weighted by Gasteiger charge is 2.08. The van der Waals surface area contributed by atoms with E-state index in [0.29, 0.717) is 0 Å². The first-order valence-corrected chi connectivity index (χ1v) is 11.5. The van der Waals surface area contributed by atoms with Crippen molar-refractivity contribution in [3.63, 3.8) is 0 Å². The summed E-state index contributed by atoms with van der Waals surface area (Å²) in [4.78, 5) is 11.9. The lowest BCUT2D eigenvalue weighted by Gasteiger charge is -1.98.